The van der Waals surface area contributed by atoms with Crippen molar-refractivity contribution in [1.29, 1.82) is 0 Å². The fourth-order valence-electron chi connectivity index (χ4n) is 3.87. The average molecular weight is 307 g/mol. The van der Waals surface area contributed by atoms with Crippen molar-refractivity contribution in [2.45, 2.75) is 64.6 Å². The minimum absolute atomic E-state index is 0.331. The summed E-state index contributed by atoms with van der Waals surface area (Å²) in [5, 5.41) is 1.14. The van der Waals surface area contributed by atoms with E-state index < -0.39 is 0 Å². The van der Waals surface area contributed by atoms with E-state index in [2.05, 4.69) is 21.7 Å². The second-order valence-corrected chi connectivity index (χ2v) is 7.50. The average Bonchev–Trinajstić information content (AvgIpc) is 3.18. The lowest BCUT2D eigenvalue weighted by molar-refractivity contribution is -0.132. The molecule has 3 heterocycles. The van der Waals surface area contributed by atoms with Gasteiger partial charge in [-0.3, -0.25) is 9.69 Å². The molecule has 1 aromatic rings. The van der Waals surface area contributed by atoms with Gasteiger partial charge in [-0.05, 0) is 39.2 Å². The van der Waals surface area contributed by atoms with E-state index in [0.29, 0.717) is 24.4 Å². The fraction of sp³-hybridized carbons (Fsp3) is 0.750. The van der Waals surface area contributed by atoms with Gasteiger partial charge in [-0.1, -0.05) is 6.92 Å². The SMILES string of the molecule is CCC(=O)N1CCC[C@H]1[C@H]1CCCN1Cc1cnc(C)s1. The van der Waals surface area contributed by atoms with E-state index in [1.165, 1.54) is 30.6 Å². The van der Waals surface area contributed by atoms with E-state index in [1.54, 1.807) is 11.3 Å². The third-order valence-electron chi connectivity index (χ3n) is 4.81. The summed E-state index contributed by atoms with van der Waals surface area (Å²) in [4.78, 5) is 22.6. The molecule has 2 aliphatic rings. The molecule has 1 aromatic heterocycles. The number of carbonyl (C=O) groups is 1. The standard InChI is InChI=1S/C16H25N3OS/c1-3-16(20)19-9-5-7-15(19)14-6-4-8-18(14)11-13-10-17-12(2)21-13/h10,14-15H,3-9,11H2,1-2H3/t14-,15+/m1/s1. The Bertz CT molecular complexity index is 501. The summed E-state index contributed by atoms with van der Waals surface area (Å²) >= 11 is 1.80. The number of thiazole rings is 1. The van der Waals surface area contributed by atoms with Crippen LogP contribution in [0, 0.1) is 6.92 Å². The smallest absolute Gasteiger partial charge is 0.222 e. The summed E-state index contributed by atoms with van der Waals surface area (Å²) in [6.45, 7) is 7.16. The van der Waals surface area contributed by atoms with Crippen molar-refractivity contribution in [3.8, 4) is 0 Å². The molecule has 116 valence electrons. The topological polar surface area (TPSA) is 36.4 Å². The predicted molar refractivity (Wildman–Crippen MR) is 85.3 cm³/mol. The molecule has 2 aliphatic heterocycles. The van der Waals surface area contributed by atoms with Crippen LogP contribution in [0.2, 0.25) is 0 Å². The minimum Gasteiger partial charge on any atom is -0.338 e. The molecule has 0 aromatic carbocycles. The second-order valence-electron chi connectivity index (χ2n) is 6.18. The highest BCUT2D eigenvalue weighted by molar-refractivity contribution is 7.11. The van der Waals surface area contributed by atoms with E-state index in [1.807, 2.05) is 13.1 Å². The van der Waals surface area contributed by atoms with E-state index in [9.17, 15) is 4.79 Å². The number of hydrogen-bond acceptors (Lipinski definition) is 4. The number of rotatable bonds is 4. The van der Waals surface area contributed by atoms with E-state index in [4.69, 9.17) is 0 Å². The number of likely N-dealkylation sites (tertiary alicyclic amines) is 2. The summed E-state index contributed by atoms with van der Waals surface area (Å²) in [7, 11) is 0. The molecule has 0 spiro atoms. The van der Waals surface area contributed by atoms with Gasteiger partial charge in [0.05, 0.1) is 5.01 Å². The second kappa shape index (κ2) is 6.44. The number of carbonyl (C=O) groups excluding carboxylic acids is 1. The first-order valence-electron chi connectivity index (χ1n) is 8.14. The summed E-state index contributed by atoms with van der Waals surface area (Å²) in [6.07, 6.45) is 7.48. The van der Waals surface area contributed by atoms with Crippen LogP contribution >= 0.6 is 11.3 Å². The lowest BCUT2D eigenvalue weighted by atomic mass is 10.0. The van der Waals surface area contributed by atoms with E-state index >= 15 is 0 Å². The van der Waals surface area contributed by atoms with E-state index in [0.717, 1.165) is 24.6 Å². The molecule has 21 heavy (non-hydrogen) atoms. The van der Waals surface area contributed by atoms with Crippen LogP contribution in [0.25, 0.3) is 0 Å². The summed E-state index contributed by atoms with van der Waals surface area (Å²) in [6, 6.07) is 0.986. The largest absolute Gasteiger partial charge is 0.338 e. The van der Waals surface area contributed by atoms with Crippen LogP contribution in [0.15, 0.2) is 6.20 Å². The first-order chi connectivity index (χ1) is 10.2. The Hall–Kier alpha value is -0.940. The van der Waals surface area contributed by atoms with Gasteiger partial charge in [-0.2, -0.15) is 0 Å². The van der Waals surface area contributed by atoms with Gasteiger partial charge in [0.2, 0.25) is 5.91 Å². The van der Waals surface area contributed by atoms with E-state index in [-0.39, 0.29) is 0 Å². The van der Waals surface area contributed by atoms with Gasteiger partial charge in [0.25, 0.3) is 0 Å². The zero-order valence-corrected chi connectivity index (χ0v) is 13.9. The van der Waals surface area contributed by atoms with Gasteiger partial charge in [0.15, 0.2) is 0 Å². The third kappa shape index (κ3) is 3.14. The van der Waals surface area contributed by atoms with Crippen LogP contribution in [-0.2, 0) is 11.3 Å². The molecule has 3 rings (SSSR count). The number of aryl methyl sites for hydroxylation is 1. The number of aromatic nitrogens is 1. The highest BCUT2D eigenvalue weighted by atomic mass is 32.1. The van der Waals surface area contributed by atoms with Crippen LogP contribution < -0.4 is 0 Å². The van der Waals surface area contributed by atoms with Crippen LogP contribution in [0.4, 0.5) is 0 Å². The van der Waals surface area contributed by atoms with Crippen molar-refractivity contribution < 1.29 is 4.79 Å². The first kappa shape index (κ1) is 15.0. The molecular weight excluding hydrogens is 282 g/mol. The lowest BCUT2D eigenvalue weighted by Gasteiger charge is -2.34. The van der Waals surface area contributed by atoms with Gasteiger partial charge >= 0.3 is 0 Å². The highest BCUT2D eigenvalue weighted by Gasteiger charge is 2.39. The summed E-state index contributed by atoms with van der Waals surface area (Å²) < 4.78 is 0. The third-order valence-corrected chi connectivity index (χ3v) is 5.71. The zero-order valence-electron chi connectivity index (χ0n) is 13.0. The number of nitrogens with zero attached hydrogens (tertiary/aromatic N) is 3. The molecule has 2 atom stereocenters. The molecule has 2 saturated heterocycles. The first-order valence-corrected chi connectivity index (χ1v) is 8.95. The molecule has 0 radical (unpaired) electrons. The van der Waals surface area contributed by atoms with Crippen molar-refractivity contribution in [2.75, 3.05) is 13.1 Å². The molecular formula is C16H25N3OS. The van der Waals surface area contributed by atoms with Crippen LogP contribution in [-0.4, -0.2) is 45.9 Å². The maximum absolute atomic E-state index is 12.1. The number of amides is 1. The minimum atomic E-state index is 0.331. The molecule has 5 heteroatoms. The lowest BCUT2D eigenvalue weighted by Crippen LogP contribution is -2.47. The molecule has 2 fully saturated rings. The summed E-state index contributed by atoms with van der Waals surface area (Å²) in [5.41, 5.74) is 0. The van der Waals surface area contributed by atoms with Gasteiger partial charge < -0.3 is 4.90 Å². The molecule has 0 bridgehead atoms. The Morgan fingerprint density at radius 2 is 2.10 bits per heavy atom. The Labute approximate surface area is 131 Å². The van der Waals surface area contributed by atoms with Crippen molar-refractivity contribution in [3.63, 3.8) is 0 Å². The Morgan fingerprint density at radius 1 is 1.33 bits per heavy atom. The van der Waals surface area contributed by atoms with Crippen molar-refractivity contribution >= 4 is 17.2 Å². The Balaban J connectivity index is 1.69. The molecule has 0 N–H and O–H groups in total. The molecule has 0 saturated carbocycles. The van der Waals surface area contributed by atoms with Gasteiger partial charge in [0, 0.05) is 42.7 Å². The molecule has 0 unspecified atom stereocenters. The van der Waals surface area contributed by atoms with Crippen LogP contribution in [0.5, 0.6) is 0 Å². The molecule has 0 aliphatic carbocycles. The van der Waals surface area contributed by atoms with Crippen LogP contribution in [0.3, 0.4) is 0 Å². The Morgan fingerprint density at radius 3 is 2.81 bits per heavy atom. The fourth-order valence-corrected chi connectivity index (χ4v) is 4.69. The molecule has 1 amide bonds. The Kier molecular flexibility index (Phi) is 4.60. The predicted octanol–water partition coefficient (Wildman–Crippen LogP) is 2.82. The molecule has 4 nitrogen and oxygen atoms in total. The van der Waals surface area contributed by atoms with Gasteiger partial charge in [-0.25, -0.2) is 4.98 Å². The maximum atomic E-state index is 12.1. The maximum Gasteiger partial charge on any atom is 0.222 e. The van der Waals surface area contributed by atoms with Crippen molar-refractivity contribution in [3.05, 3.63) is 16.1 Å². The van der Waals surface area contributed by atoms with Crippen LogP contribution in [0.1, 0.15) is 48.9 Å². The highest BCUT2D eigenvalue weighted by Crippen LogP contribution is 2.32. The normalized spacial score (nSPS) is 26.7. The van der Waals surface area contributed by atoms with Gasteiger partial charge in [-0.15, -0.1) is 11.3 Å². The zero-order chi connectivity index (χ0) is 14.8. The van der Waals surface area contributed by atoms with Gasteiger partial charge in [0.1, 0.15) is 0 Å². The van der Waals surface area contributed by atoms with Crippen molar-refractivity contribution in [1.82, 2.24) is 14.8 Å². The summed E-state index contributed by atoms with van der Waals surface area (Å²) in [5.74, 6) is 0.331. The monoisotopic (exact) mass is 307 g/mol. The number of hydrogen-bond donors (Lipinski definition) is 0. The quantitative estimate of drug-likeness (QED) is 0.858. The van der Waals surface area contributed by atoms with Crippen molar-refractivity contribution in [2.24, 2.45) is 0 Å².